The van der Waals surface area contributed by atoms with E-state index in [1.54, 1.807) is 18.2 Å². The van der Waals surface area contributed by atoms with Gasteiger partial charge in [0.15, 0.2) is 0 Å². The lowest BCUT2D eigenvalue weighted by atomic mass is 10.1. The highest BCUT2D eigenvalue weighted by Crippen LogP contribution is 2.28. The van der Waals surface area contributed by atoms with Gasteiger partial charge in [-0.15, -0.1) is 0 Å². The largest absolute Gasteiger partial charge is 0.0843 e. The highest BCUT2D eigenvalue weighted by molar-refractivity contribution is 6.35. The van der Waals surface area contributed by atoms with E-state index in [1.807, 2.05) is 24.3 Å². The highest BCUT2D eigenvalue weighted by Gasteiger charge is 2.01. The molecule has 3 nitrogen and oxygen atoms in total. The Morgan fingerprint density at radius 1 is 0.882 bits per heavy atom. The molecule has 0 aliphatic rings. The van der Waals surface area contributed by atoms with Gasteiger partial charge in [-0.1, -0.05) is 52.6 Å². The average Bonchev–Trinajstić information content (AvgIpc) is 2.29. The van der Waals surface area contributed by atoms with Gasteiger partial charge < -0.3 is 0 Å². The molecule has 0 spiro atoms. The maximum absolute atomic E-state index is 8.30. The summed E-state index contributed by atoms with van der Waals surface area (Å²) in [6, 6.07) is 12.5. The van der Waals surface area contributed by atoms with Crippen molar-refractivity contribution in [3.05, 3.63) is 63.0 Å². The Morgan fingerprint density at radius 3 is 2.00 bits per heavy atom. The monoisotopic (exact) mass is 263 g/mol. The van der Waals surface area contributed by atoms with Gasteiger partial charge in [-0.05, 0) is 34.9 Å². The number of hydrogen-bond donors (Lipinski definition) is 0. The van der Waals surface area contributed by atoms with Crippen molar-refractivity contribution < 1.29 is 0 Å². The second kappa shape index (κ2) is 5.11. The van der Waals surface area contributed by atoms with E-state index in [9.17, 15) is 0 Å². The minimum Gasteiger partial charge on any atom is -0.0843 e. The van der Waals surface area contributed by atoms with E-state index in [1.165, 1.54) is 0 Å². The molecule has 2 rings (SSSR count). The SMILES string of the molecule is [N-]=[N+]=Nc1ccc(-c2cc(Cl)cc(Cl)c2)cc1. The summed E-state index contributed by atoms with van der Waals surface area (Å²) < 4.78 is 0. The third-order valence-electron chi connectivity index (χ3n) is 2.22. The van der Waals surface area contributed by atoms with E-state index >= 15 is 0 Å². The number of hydrogen-bond acceptors (Lipinski definition) is 1. The molecular weight excluding hydrogens is 257 g/mol. The molecule has 84 valence electrons. The topological polar surface area (TPSA) is 48.8 Å². The van der Waals surface area contributed by atoms with E-state index < -0.39 is 0 Å². The van der Waals surface area contributed by atoms with E-state index in [0.29, 0.717) is 15.7 Å². The minimum absolute atomic E-state index is 0.573. The average molecular weight is 264 g/mol. The van der Waals surface area contributed by atoms with Crippen LogP contribution in [0.1, 0.15) is 0 Å². The van der Waals surface area contributed by atoms with Gasteiger partial charge in [-0.25, -0.2) is 0 Å². The smallest absolute Gasteiger partial charge is 0.0426 e. The van der Waals surface area contributed by atoms with Crippen molar-refractivity contribution in [2.45, 2.75) is 0 Å². The fraction of sp³-hybridized carbons (Fsp3) is 0. The van der Waals surface area contributed by atoms with Crippen LogP contribution in [0.15, 0.2) is 47.6 Å². The zero-order chi connectivity index (χ0) is 12.3. The second-order valence-electron chi connectivity index (χ2n) is 3.39. The predicted molar refractivity (Wildman–Crippen MR) is 70.7 cm³/mol. The van der Waals surface area contributed by atoms with Crippen LogP contribution in [0, 0.1) is 0 Å². The van der Waals surface area contributed by atoms with Gasteiger partial charge in [0.25, 0.3) is 0 Å². The van der Waals surface area contributed by atoms with Crippen LogP contribution in [0.5, 0.6) is 0 Å². The molecule has 0 atom stereocenters. The molecule has 0 saturated carbocycles. The molecule has 0 unspecified atom stereocenters. The number of azide groups is 1. The van der Waals surface area contributed by atoms with Crippen LogP contribution in [0.2, 0.25) is 10.0 Å². The summed E-state index contributed by atoms with van der Waals surface area (Å²) in [4.78, 5) is 2.72. The molecule has 0 radical (unpaired) electrons. The van der Waals surface area contributed by atoms with Crippen molar-refractivity contribution >= 4 is 28.9 Å². The first kappa shape index (κ1) is 11.8. The van der Waals surface area contributed by atoms with Gasteiger partial charge in [-0.3, -0.25) is 0 Å². The molecule has 0 aliphatic carbocycles. The molecule has 0 fully saturated rings. The molecule has 0 aliphatic heterocycles. The van der Waals surface area contributed by atoms with Gasteiger partial charge in [-0.2, -0.15) is 0 Å². The molecule has 0 N–H and O–H groups in total. The molecule has 5 heteroatoms. The summed E-state index contributed by atoms with van der Waals surface area (Å²) in [6.07, 6.45) is 0. The first-order valence-electron chi connectivity index (χ1n) is 4.80. The number of benzene rings is 2. The number of nitrogens with zero attached hydrogens (tertiary/aromatic N) is 3. The lowest BCUT2D eigenvalue weighted by Crippen LogP contribution is -1.77. The van der Waals surface area contributed by atoms with Crippen molar-refractivity contribution in [2.24, 2.45) is 5.11 Å². The standard InChI is InChI=1S/C12H7Cl2N3/c13-10-5-9(6-11(14)7-10)8-1-3-12(4-2-8)16-17-15/h1-7H. The van der Waals surface area contributed by atoms with E-state index in [4.69, 9.17) is 28.7 Å². The fourth-order valence-electron chi connectivity index (χ4n) is 1.49. The van der Waals surface area contributed by atoms with Crippen LogP contribution in [0.4, 0.5) is 5.69 Å². The summed E-state index contributed by atoms with van der Waals surface area (Å²) in [5.41, 5.74) is 10.8. The minimum atomic E-state index is 0.573. The van der Waals surface area contributed by atoms with E-state index in [0.717, 1.165) is 11.1 Å². The maximum atomic E-state index is 8.30. The third kappa shape index (κ3) is 2.92. The molecule has 2 aromatic carbocycles. The predicted octanol–water partition coefficient (Wildman–Crippen LogP) is 5.60. The Bertz CT molecular complexity index is 567. The van der Waals surface area contributed by atoms with Crippen molar-refractivity contribution in [1.29, 1.82) is 0 Å². The molecule has 0 aromatic heterocycles. The van der Waals surface area contributed by atoms with Crippen molar-refractivity contribution in [3.8, 4) is 11.1 Å². The van der Waals surface area contributed by atoms with Gasteiger partial charge in [0.05, 0.1) is 0 Å². The van der Waals surface area contributed by atoms with Crippen LogP contribution in [-0.4, -0.2) is 0 Å². The first-order chi connectivity index (χ1) is 8.19. The summed E-state index contributed by atoms with van der Waals surface area (Å²) in [5.74, 6) is 0. The third-order valence-corrected chi connectivity index (χ3v) is 2.66. The zero-order valence-corrected chi connectivity index (χ0v) is 10.2. The lowest BCUT2D eigenvalue weighted by Gasteiger charge is -2.03. The molecule has 0 bridgehead atoms. The lowest BCUT2D eigenvalue weighted by molar-refractivity contribution is 1.47. The second-order valence-corrected chi connectivity index (χ2v) is 4.27. The quantitative estimate of drug-likeness (QED) is 0.385. The van der Waals surface area contributed by atoms with Crippen LogP contribution < -0.4 is 0 Å². The van der Waals surface area contributed by atoms with Gasteiger partial charge in [0.1, 0.15) is 0 Å². The summed E-state index contributed by atoms with van der Waals surface area (Å²) in [7, 11) is 0. The zero-order valence-electron chi connectivity index (χ0n) is 8.64. The number of halogens is 2. The van der Waals surface area contributed by atoms with Gasteiger partial charge >= 0.3 is 0 Å². The summed E-state index contributed by atoms with van der Waals surface area (Å²) >= 11 is 11.9. The number of rotatable bonds is 2. The first-order valence-corrected chi connectivity index (χ1v) is 5.56. The molecule has 2 aromatic rings. The molecular formula is C12H7Cl2N3. The van der Waals surface area contributed by atoms with Crippen molar-refractivity contribution in [2.75, 3.05) is 0 Å². The van der Waals surface area contributed by atoms with Crippen LogP contribution in [0.25, 0.3) is 21.6 Å². The Hall–Kier alpha value is -1.67. The Balaban J connectivity index is 2.42. The Labute approximate surface area is 108 Å². The van der Waals surface area contributed by atoms with Gasteiger partial charge in [0.2, 0.25) is 0 Å². The van der Waals surface area contributed by atoms with E-state index in [-0.39, 0.29) is 0 Å². The molecule has 0 amide bonds. The Kier molecular flexibility index (Phi) is 3.55. The molecule has 0 saturated heterocycles. The normalized spacial score (nSPS) is 9.76. The molecule has 17 heavy (non-hydrogen) atoms. The molecule has 0 heterocycles. The summed E-state index contributed by atoms with van der Waals surface area (Å²) in [5, 5.41) is 4.68. The van der Waals surface area contributed by atoms with Crippen LogP contribution in [0.3, 0.4) is 0 Å². The highest BCUT2D eigenvalue weighted by atomic mass is 35.5. The van der Waals surface area contributed by atoms with Crippen LogP contribution >= 0.6 is 23.2 Å². The Morgan fingerprint density at radius 2 is 1.47 bits per heavy atom. The maximum Gasteiger partial charge on any atom is 0.0426 e. The summed E-state index contributed by atoms with van der Waals surface area (Å²) in [6.45, 7) is 0. The van der Waals surface area contributed by atoms with E-state index in [2.05, 4.69) is 10.0 Å². The fourth-order valence-corrected chi connectivity index (χ4v) is 2.02. The van der Waals surface area contributed by atoms with Gasteiger partial charge in [0, 0.05) is 20.6 Å². The van der Waals surface area contributed by atoms with Crippen molar-refractivity contribution in [1.82, 2.24) is 0 Å². The van der Waals surface area contributed by atoms with Crippen LogP contribution in [-0.2, 0) is 0 Å². The van der Waals surface area contributed by atoms with Crippen molar-refractivity contribution in [3.63, 3.8) is 0 Å².